The Morgan fingerprint density at radius 2 is 1.39 bits per heavy atom. The summed E-state index contributed by atoms with van der Waals surface area (Å²) in [4.78, 5) is 58.8. The number of primary amides is 1. The lowest BCUT2D eigenvalue weighted by Crippen LogP contribution is -2.58. The second kappa shape index (κ2) is 11.9. The zero-order valence-corrected chi connectivity index (χ0v) is 16.1. The van der Waals surface area contributed by atoms with Gasteiger partial charge in [-0.1, -0.05) is 13.8 Å². The van der Waals surface area contributed by atoms with Crippen molar-refractivity contribution < 1.29 is 34.2 Å². The lowest BCUT2D eigenvalue weighted by molar-refractivity contribution is -0.142. The second-order valence-electron chi connectivity index (χ2n) is 6.78. The molecule has 12 nitrogen and oxygen atoms in total. The zero-order valence-electron chi connectivity index (χ0n) is 16.1. The minimum absolute atomic E-state index is 0.0387. The number of carbonyl (C=O) groups is 5. The molecule has 0 saturated carbocycles. The van der Waals surface area contributed by atoms with Gasteiger partial charge < -0.3 is 37.6 Å². The van der Waals surface area contributed by atoms with Crippen molar-refractivity contribution in [3.05, 3.63) is 0 Å². The molecular weight excluding hydrogens is 374 g/mol. The number of hydrogen-bond donors (Lipinski definition) is 7. The minimum atomic E-state index is -1.41. The van der Waals surface area contributed by atoms with Crippen LogP contribution in [0.5, 0.6) is 0 Å². The van der Waals surface area contributed by atoms with Crippen molar-refractivity contribution in [2.24, 2.45) is 17.4 Å². The fourth-order valence-corrected chi connectivity index (χ4v) is 2.12. The van der Waals surface area contributed by atoms with Crippen molar-refractivity contribution in [1.82, 2.24) is 16.0 Å². The van der Waals surface area contributed by atoms with Gasteiger partial charge in [-0.05, 0) is 19.3 Å². The maximum atomic E-state index is 12.5. The highest BCUT2D eigenvalue weighted by Crippen LogP contribution is 2.07. The van der Waals surface area contributed by atoms with E-state index in [1.165, 1.54) is 6.92 Å². The lowest BCUT2D eigenvalue weighted by atomic mass is 10.0. The Balaban J connectivity index is 5.32. The monoisotopic (exact) mass is 403 g/mol. The van der Waals surface area contributed by atoms with E-state index in [1.807, 2.05) is 0 Å². The van der Waals surface area contributed by atoms with Gasteiger partial charge in [-0.2, -0.15) is 0 Å². The van der Waals surface area contributed by atoms with Crippen LogP contribution in [0.3, 0.4) is 0 Å². The van der Waals surface area contributed by atoms with E-state index in [-0.39, 0.29) is 12.3 Å². The van der Waals surface area contributed by atoms with Crippen molar-refractivity contribution in [2.45, 2.75) is 57.8 Å². The molecule has 0 aromatic heterocycles. The Kier molecular flexibility index (Phi) is 10.7. The Morgan fingerprint density at radius 1 is 0.893 bits per heavy atom. The first-order valence-corrected chi connectivity index (χ1v) is 8.67. The first-order chi connectivity index (χ1) is 12.9. The summed E-state index contributed by atoms with van der Waals surface area (Å²) in [5, 5.41) is 24.6. The van der Waals surface area contributed by atoms with Crippen LogP contribution < -0.4 is 27.4 Å². The van der Waals surface area contributed by atoms with Gasteiger partial charge in [0, 0.05) is 0 Å². The van der Waals surface area contributed by atoms with Crippen molar-refractivity contribution in [2.75, 3.05) is 6.61 Å². The number of hydrogen-bond acceptors (Lipinski definition) is 7. The van der Waals surface area contributed by atoms with Crippen LogP contribution in [0.25, 0.3) is 0 Å². The Hall–Kier alpha value is -2.73. The van der Waals surface area contributed by atoms with Crippen molar-refractivity contribution in [3.8, 4) is 0 Å². The van der Waals surface area contributed by atoms with Gasteiger partial charge in [-0.15, -0.1) is 0 Å². The van der Waals surface area contributed by atoms with Crippen LogP contribution in [-0.2, 0) is 24.0 Å². The van der Waals surface area contributed by atoms with Gasteiger partial charge in [0.05, 0.1) is 13.0 Å². The molecule has 0 aromatic rings. The third-order valence-electron chi connectivity index (χ3n) is 3.64. The third kappa shape index (κ3) is 9.28. The molecule has 0 saturated heterocycles. The Labute approximate surface area is 162 Å². The zero-order chi connectivity index (χ0) is 22.0. The summed E-state index contributed by atoms with van der Waals surface area (Å²) < 4.78 is 0. The van der Waals surface area contributed by atoms with Crippen LogP contribution >= 0.6 is 0 Å². The topological polar surface area (TPSA) is 214 Å². The summed E-state index contributed by atoms with van der Waals surface area (Å²) in [6.45, 7) is 4.16. The van der Waals surface area contributed by atoms with Crippen molar-refractivity contribution >= 4 is 29.6 Å². The number of carboxylic acid groups (broad SMARTS) is 1. The van der Waals surface area contributed by atoms with Crippen LogP contribution in [0.1, 0.15) is 33.6 Å². The smallest absolute Gasteiger partial charge is 0.325 e. The predicted molar refractivity (Wildman–Crippen MR) is 97.4 cm³/mol. The molecular formula is C16H29N5O7. The molecule has 4 unspecified atom stereocenters. The summed E-state index contributed by atoms with van der Waals surface area (Å²) in [5.74, 6) is -4.66. The molecule has 0 radical (unpaired) electrons. The molecule has 4 amide bonds. The van der Waals surface area contributed by atoms with Gasteiger partial charge in [0.15, 0.2) is 0 Å². The number of aliphatic hydroxyl groups is 1. The average molecular weight is 403 g/mol. The molecule has 160 valence electrons. The van der Waals surface area contributed by atoms with Crippen LogP contribution in [0.4, 0.5) is 0 Å². The third-order valence-corrected chi connectivity index (χ3v) is 3.64. The van der Waals surface area contributed by atoms with Gasteiger partial charge in [0.25, 0.3) is 0 Å². The molecule has 12 heteroatoms. The number of carbonyl (C=O) groups excluding carboxylic acids is 4. The molecule has 0 bridgehead atoms. The molecule has 0 aliphatic rings. The molecule has 0 fully saturated rings. The molecule has 4 atom stereocenters. The van der Waals surface area contributed by atoms with Gasteiger partial charge in [-0.3, -0.25) is 24.0 Å². The minimum Gasteiger partial charge on any atom is -0.480 e. The van der Waals surface area contributed by atoms with Crippen LogP contribution in [-0.4, -0.2) is 70.6 Å². The van der Waals surface area contributed by atoms with Crippen LogP contribution in [0.2, 0.25) is 0 Å². The first kappa shape index (κ1) is 25.3. The van der Waals surface area contributed by atoms with E-state index < -0.39 is 66.8 Å². The molecule has 0 rings (SSSR count). The number of carboxylic acids is 1. The number of rotatable bonds is 12. The number of amides is 4. The van der Waals surface area contributed by atoms with Gasteiger partial charge in [0.2, 0.25) is 23.6 Å². The van der Waals surface area contributed by atoms with Crippen molar-refractivity contribution in [1.29, 1.82) is 0 Å². The Morgan fingerprint density at radius 3 is 1.82 bits per heavy atom. The summed E-state index contributed by atoms with van der Waals surface area (Å²) >= 11 is 0. The van der Waals surface area contributed by atoms with E-state index >= 15 is 0 Å². The van der Waals surface area contributed by atoms with Gasteiger partial charge in [0.1, 0.15) is 24.2 Å². The first-order valence-electron chi connectivity index (χ1n) is 8.67. The highest BCUT2D eigenvalue weighted by Gasteiger charge is 2.30. The summed E-state index contributed by atoms with van der Waals surface area (Å²) in [7, 11) is 0. The number of aliphatic carboxylic acids is 1. The molecule has 0 aromatic carbocycles. The number of nitrogens with one attached hydrogen (secondary N) is 3. The number of aliphatic hydroxyl groups excluding tert-OH is 1. The fraction of sp³-hybridized carbons (Fsp3) is 0.688. The van der Waals surface area contributed by atoms with E-state index in [1.54, 1.807) is 13.8 Å². The van der Waals surface area contributed by atoms with E-state index in [9.17, 15) is 24.0 Å². The largest absolute Gasteiger partial charge is 0.480 e. The lowest BCUT2D eigenvalue weighted by Gasteiger charge is -2.25. The SMILES string of the molecule is CC(C)CC(NC(=O)C(CC(N)=O)NC(=O)C(N)CO)C(=O)NC(C)C(=O)O. The number of nitrogens with two attached hydrogens (primary N) is 2. The quantitative estimate of drug-likeness (QED) is 0.175. The highest BCUT2D eigenvalue weighted by atomic mass is 16.4. The molecule has 9 N–H and O–H groups in total. The predicted octanol–water partition coefficient (Wildman–Crippen LogP) is -3.21. The maximum Gasteiger partial charge on any atom is 0.325 e. The van der Waals surface area contributed by atoms with E-state index in [0.29, 0.717) is 0 Å². The summed E-state index contributed by atoms with van der Waals surface area (Å²) in [6, 6.07) is -5.01. The fourth-order valence-electron chi connectivity index (χ4n) is 2.12. The van der Waals surface area contributed by atoms with E-state index in [0.717, 1.165) is 0 Å². The van der Waals surface area contributed by atoms with E-state index in [2.05, 4.69) is 16.0 Å². The second-order valence-corrected chi connectivity index (χ2v) is 6.78. The standard InChI is InChI=1S/C16H29N5O7/c1-7(2)4-10(14(25)19-8(3)16(27)28)21-15(26)11(5-12(18)23)20-13(24)9(17)6-22/h7-11,22H,4-6,17H2,1-3H3,(H2,18,23)(H,19,25)(H,20,24)(H,21,26)(H,27,28). The van der Waals surface area contributed by atoms with Gasteiger partial charge >= 0.3 is 5.97 Å². The van der Waals surface area contributed by atoms with Crippen LogP contribution in [0, 0.1) is 5.92 Å². The summed E-state index contributed by atoms with van der Waals surface area (Å²) in [5.41, 5.74) is 10.5. The summed E-state index contributed by atoms with van der Waals surface area (Å²) in [6.07, 6.45) is -0.380. The molecule has 0 spiro atoms. The maximum absolute atomic E-state index is 12.5. The van der Waals surface area contributed by atoms with E-state index in [4.69, 9.17) is 21.7 Å². The molecule has 0 aliphatic heterocycles. The Bertz CT molecular complexity index is 596. The highest BCUT2D eigenvalue weighted by molar-refractivity contribution is 5.96. The molecule has 0 heterocycles. The van der Waals surface area contributed by atoms with Gasteiger partial charge in [-0.25, -0.2) is 0 Å². The average Bonchev–Trinajstić information content (AvgIpc) is 2.58. The van der Waals surface area contributed by atoms with Crippen molar-refractivity contribution in [3.63, 3.8) is 0 Å². The normalized spacial score (nSPS) is 15.1. The molecule has 28 heavy (non-hydrogen) atoms. The van der Waals surface area contributed by atoms with Crippen LogP contribution in [0.15, 0.2) is 0 Å². The molecule has 0 aliphatic carbocycles.